The summed E-state index contributed by atoms with van der Waals surface area (Å²) >= 11 is 0. The van der Waals surface area contributed by atoms with Crippen LogP contribution in [-0.4, -0.2) is 37.0 Å². The van der Waals surface area contributed by atoms with E-state index >= 15 is 0 Å². The number of fused-ring (bicyclic) bond motifs is 1. The number of hydrogen-bond acceptors (Lipinski definition) is 5. The van der Waals surface area contributed by atoms with Crippen LogP contribution >= 0.6 is 0 Å². The van der Waals surface area contributed by atoms with Crippen molar-refractivity contribution >= 4 is 35.2 Å². The Kier molecular flexibility index (Phi) is 4.62. The van der Waals surface area contributed by atoms with E-state index in [9.17, 15) is 14.4 Å². The van der Waals surface area contributed by atoms with Gasteiger partial charge in [0.25, 0.3) is 5.91 Å². The molecule has 2 aromatic rings. The molecule has 7 nitrogen and oxygen atoms in total. The first-order valence-electron chi connectivity index (χ1n) is 7.95. The van der Waals surface area contributed by atoms with Crippen molar-refractivity contribution in [2.75, 3.05) is 19.5 Å². The molecule has 1 amide bonds. The Labute approximate surface area is 150 Å². The molecule has 0 radical (unpaired) electrons. The quantitative estimate of drug-likeness (QED) is 0.649. The molecule has 0 aliphatic carbocycles. The van der Waals surface area contributed by atoms with E-state index in [-0.39, 0.29) is 18.0 Å². The molecule has 0 bridgehead atoms. The van der Waals surface area contributed by atoms with Crippen molar-refractivity contribution in [3.63, 3.8) is 0 Å². The van der Waals surface area contributed by atoms with Crippen LogP contribution in [0.5, 0.6) is 0 Å². The van der Waals surface area contributed by atoms with Gasteiger partial charge in [0.1, 0.15) is 5.69 Å². The first-order valence-corrected chi connectivity index (χ1v) is 7.95. The van der Waals surface area contributed by atoms with Crippen LogP contribution in [0, 0.1) is 6.92 Å². The molecule has 26 heavy (non-hydrogen) atoms. The molecular formula is C19H18N2O5. The van der Waals surface area contributed by atoms with E-state index in [0.717, 1.165) is 11.3 Å². The predicted octanol–water partition coefficient (Wildman–Crippen LogP) is 2.32. The lowest BCUT2D eigenvalue weighted by Gasteiger charge is -2.05. The van der Waals surface area contributed by atoms with Crippen molar-refractivity contribution in [3.05, 3.63) is 52.3 Å². The highest BCUT2D eigenvalue weighted by atomic mass is 16.5. The number of carbonyl (C=O) groups excluding carboxylic acids is 3. The normalized spacial score (nSPS) is 14.1. The maximum Gasteiger partial charge on any atom is 0.354 e. The number of aryl methyl sites for hydroxylation is 1. The number of carbonyl (C=O) groups is 3. The molecule has 1 aromatic carbocycles. The molecule has 1 aliphatic heterocycles. The van der Waals surface area contributed by atoms with E-state index < -0.39 is 11.9 Å². The lowest BCUT2D eigenvalue weighted by atomic mass is 9.99. The van der Waals surface area contributed by atoms with Gasteiger partial charge in [0, 0.05) is 33.6 Å². The Morgan fingerprint density at radius 3 is 2.58 bits per heavy atom. The molecule has 0 saturated carbocycles. The third kappa shape index (κ3) is 2.99. The number of para-hydroxylation sites is 1. The van der Waals surface area contributed by atoms with E-state index in [2.05, 4.69) is 10.3 Å². The van der Waals surface area contributed by atoms with Crippen LogP contribution in [0.2, 0.25) is 0 Å². The number of rotatable bonds is 4. The van der Waals surface area contributed by atoms with Gasteiger partial charge in [0.15, 0.2) is 0 Å². The Bertz CT molecular complexity index is 939. The van der Waals surface area contributed by atoms with Crippen LogP contribution in [0.1, 0.15) is 32.9 Å². The summed E-state index contributed by atoms with van der Waals surface area (Å²) in [5.74, 6) is -1.33. The fourth-order valence-electron chi connectivity index (χ4n) is 2.99. The standard InChI is InChI=1S/C19H18N2O5/c1-10-12(8-14-11-6-4-5-7-15(11)21-18(14)23)13(9-16(22)25-2)17(20-10)19(24)26-3/h4-8,20H,9H2,1-3H3,(H,21,23)/b14-8+. The molecule has 0 unspecified atom stereocenters. The highest BCUT2D eigenvalue weighted by Crippen LogP contribution is 2.34. The highest BCUT2D eigenvalue weighted by Gasteiger charge is 2.27. The van der Waals surface area contributed by atoms with Crippen molar-refractivity contribution in [1.82, 2.24) is 4.98 Å². The van der Waals surface area contributed by atoms with Crippen molar-refractivity contribution < 1.29 is 23.9 Å². The summed E-state index contributed by atoms with van der Waals surface area (Å²) in [6.45, 7) is 1.76. The van der Waals surface area contributed by atoms with Gasteiger partial charge in [-0.05, 0) is 19.1 Å². The van der Waals surface area contributed by atoms with Crippen LogP contribution < -0.4 is 5.32 Å². The first-order chi connectivity index (χ1) is 12.5. The van der Waals surface area contributed by atoms with Crippen molar-refractivity contribution in [3.8, 4) is 0 Å². The van der Waals surface area contributed by atoms with Gasteiger partial charge in [0.05, 0.1) is 20.6 Å². The summed E-state index contributed by atoms with van der Waals surface area (Å²) in [5, 5.41) is 2.80. The van der Waals surface area contributed by atoms with Gasteiger partial charge < -0.3 is 19.8 Å². The zero-order valence-electron chi connectivity index (χ0n) is 14.6. The molecule has 3 rings (SSSR count). The molecule has 2 heterocycles. The Hall–Kier alpha value is -3.35. The molecule has 1 aromatic heterocycles. The van der Waals surface area contributed by atoms with Gasteiger partial charge in [-0.15, -0.1) is 0 Å². The third-order valence-corrected chi connectivity index (χ3v) is 4.28. The van der Waals surface area contributed by atoms with Crippen LogP contribution in [0.3, 0.4) is 0 Å². The minimum absolute atomic E-state index is 0.117. The van der Waals surface area contributed by atoms with Gasteiger partial charge in [-0.25, -0.2) is 4.79 Å². The van der Waals surface area contributed by atoms with Crippen LogP contribution in [0.4, 0.5) is 5.69 Å². The number of hydrogen-bond donors (Lipinski definition) is 2. The van der Waals surface area contributed by atoms with Gasteiger partial charge in [0.2, 0.25) is 0 Å². The molecule has 134 valence electrons. The SMILES string of the molecule is COC(=O)Cc1c(C(=O)OC)[nH]c(C)c1/C=C1/C(=O)Nc2ccccc21. The molecular weight excluding hydrogens is 336 g/mol. The van der Waals surface area contributed by atoms with E-state index in [1.165, 1.54) is 14.2 Å². The first kappa shape index (κ1) is 17.5. The summed E-state index contributed by atoms with van der Waals surface area (Å²) in [7, 11) is 2.54. The second-order valence-corrected chi connectivity index (χ2v) is 5.82. The molecule has 7 heteroatoms. The second kappa shape index (κ2) is 6.87. The van der Waals surface area contributed by atoms with Crippen molar-refractivity contribution in [2.24, 2.45) is 0 Å². The van der Waals surface area contributed by atoms with E-state index in [1.54, 1.807) is 13.0 Å². The van der Waals surface area contributed by atoms with Gasteiger partial charge in [-0.2, -0.15) is 0 Å². The van der Waals surface area contributed by atoms with Crippen LogP contribution in [0.15, 0.2) is 24.3 Å². The van der Waals surface area contributed by atoms with Crippen LogP contribution in [-0.2, 0) is 25.5 Å². The molecule has 0 fully saturated rings. The Morgan fingerprint density at radius 1 is 1.15 bits per heavy atom. The summed E-state index contributed by atoms with van der Waals surface area (Å²) in [5.41, 5.74) is 3.80. The predicted molar refractivity (Wildman–Crippen MR) is 95.5 cm³/mol. The summed E-state index contributed by atoms with van der Waals surface area (Å²) in [4.78, 5) is 39.2. The third-order valence-electron chi connectivity index (χ3n) is 4.28. The fraction of sp³-hybridized carbons (Fsp3) is 0.211. The molecule has 0 atom stereocenters. The van der Waals surface area contributed by atoms with Gasteiger partial charge >= 0.3 is 11.9 Å². The smallest absolute Gasteiger partial charge is 0.354 e. The number of anilines is 1. The molecule has 0 saturated heterocycles. The molecule has 1 aliphatic rings. The zero-order chi connectivity index (χ0) is 18.8. The lowest BCUT2D eigenvalue weighted by Crippen LogP contribution is -2.11. The number of methoxy groups -OCH3 is 2. The second-order valence-electron chi connectivity index (χ2n) is 5.82. The lowest BCUT2D eigenvalue weighted by molar-refractivity contribution is -0.139. The van der Waals surface area contributed by atoms with Gasteiger partial charge in [-0.1, -0.05) is 18.2 Å². The zero-order valence-corrected chi connectivity index (χ0v) is 14.6. The number of amides is 1. The largest absolute Gasteiger partial charge is 0.469 e. The number of aromatic nitrogens is 1. The summed E-state index contributed by atoms with van der Waals surface area (Å²) < 4.78 is 9.51. The molecule has 0 spiro atoms. The average Bonchev–Trinajstić information content (AvgIpc) is 3.12. The maximum atomic E-state index is 12.4. The number of aromatic amines is 1. The molecule has 2 N–H and O–H groups in total. The van der Waals surface area contributed by atoms with Crippen molar-refractivity contribution in [1.29, 1.82) is 0 Å². The Balaban J connectivity index is 2.16. The topological polar surface area (TPSA) is 97.5 Å². The van der Waals surface area contributed by atoms with Crippen molar-refractivity contribution in [2.45, 2.75) is 13.3 Å². The van der Waals surface area contributed by atoms with E-state index in [4.69, 9.17) is 9.47 Å². The number of nitrogens with one attached hydrogen (secondary N) is 2. The highest BCUT2D eigenvalue weighted by molar-refractivity contribution is 6.35. The number of esters is 2. The fourth-order valence-corrected chi connectivity index (χ4v) is 2.99. The summed E-state index contributed by atoms with van der Waals surface area (Å²) in [6.07, 6.45) is 1.56. The minimum atomic E-state index is -0.590. The Morgan fingerprint density at radius 2 is 1.88 bits per heavy atom. The summed E-state index contributed by atoms with van der Waals surface area (Å²) in [6, 6.07) is 7.32. The minimum Gasteiger partial charge on any atom is -0.469 e. The number of benzene rings is 1. The number of H-pyrrole nitrogens is 1. The van der Waals surface area contributed by atoms with Gasteiger partial charge in [-0.3, -0.25) is 9.59 Å². The van der Waals surface area contributed by atoms with Crippen LogP contribution in [0.25, 0.3) is 11.6 Å². The maximum absolute atomic E-state index is 12.4. The van der Waals surface area contributed by atoms with E-state index in [1.807, 2.05) is 24.3 Å². The van der Waals surface area contributed by atoms with E-state index in [0.29, 0.717) is 22.4 Å². The monoisotopic (exact) mass is 354 g/mol. The average molecular weight is 354 g/mol. The number of ether oxygens (including phenoxy) is 2.